The molecule has 0 aliphatic carbocycles. The molecule has 0 spiro atoms. The van der Waals surface area contributed by atoms with Crippen LogP contribution in [0.3, 0.4) is 0 Å². The molecule has 6 heteroatoms. The summed E-state index contributed by atoms with van der Waals surface area (Å²) in [6.45, 7) is 0. The second kappa shape index (κ2) is 4.55. The average Bonchev–Trinajstić information content (AvgIpc) is 2.66. The Hall–Kier alpha value is -1.88. The van der Waals surface area contributed by atoms with Crippen LogP contribution in [0.15, 0.2) is 29.1 Å². The van der Waals surface area contributed by atoms with Crippen molar-refractivity contribution in [3.63, 3.8) is 0 Å². The van der Waals surface area contributed by atoms with E-state index in [0.29, 0.717) is 16.5 Å². The van der Waals surface area contributed by atoms with E-state index in [1.807, 2.05) is 0 Å². The van der Waals surface area contributed by atoms with Crippen molar-refractivity contribution in [2.45, 2.75) is 0 Å². The highest BCUT2D eigenvalue weighted by Crippen LogP contribution is 2.17. The normalized spacial score (nSPS) is 10.3. The summed E-state index contributed by atoms with van der Waals surface area (Å²) in [5.41, 5.74) is 1.10. The molecule has 0 aliphatic rings. The van der Waals surface area contributed by atoms with Crippen LogP contribution in [0.5, 0.6) is 0 Å². The molecular weight excluding hydrogens is 240 g/mol. The topological polar surface area (TPSA) is 61.9 Å². The summed E-state index contributed by atoms with van der Waals surface area (Å²) < 4.78 is 1.45. The number of rotatable bonds is 3. The Morgan fingerprint density at radius 2 is 1.82 bits per heavy atom. The summed E-state index contributed by atoms with van der Waals surface area (Å²) in [6, 6.07) is 7.03. The molecule has 0 saturated carbocycles. The van der Waals surface area contributed by atoms with Gasteiger partial charge in [-0.1, -0.05) is 11.6 Å². The first-order valence-corrected chi connectivity index (χ1v) is 5.51. The molecule has 0 aliphatic heterocycles. The number of H-pyrrole nitrogens is 1. The molecule has 1 heterocycles. The van der Waals surface area contributed by atoms with Gasteiger partial charge in [-0.2, -0.15) is 0 Å². The summed E-state index contributed by atoms with van der Waals surface area (Å²) in [5.74, 6) is 0.646. The van der Waals surface area contributed by atoms with Crippen LogP contribution in [0.1, 0.15) is 0 Å². The molecule has 2 rings (SSSR count). The monoisotopic (exact) mass is 252 g/mol. The number of aromatic amines is 1. The van der Waals surface area contributed by atoms with Crippen molar-refractivity contribution in [3.8, 4) is 5.69 Å². The van der Waals surface area contributed by atoms with E-state index in [2.05, 4.69) is 15.7 Å². The first kappa shape index (κ1) is 11.6. The van der Waals surface area contributed by atoms with Crippen molar-refractivity contribution in [3.05, 3.63) is 39.6 Å². The van der Waals surface area contributed by atoms with Gasteiger partial charge >= 0.3 is 0 Å². The van der Waals surface area contributed by atoms with Crippen LogP contribution in [0.25, 0.3) is 5.69 Å². The van der Waals surface area contributed by atoms with Gasteiger partial charge < -0.3 is 10.6 Å². The fraction of sp³-hybridized carbons (Fsp3) is 0.182. The summed E-state index contributed by atoms with van der Waals surface area (Å²) in [7, 11) is 3.45. The van der Waals surface area contributed by atoms with Crippen LogP contribution < -0.4 is 16.2 Å². The molecule has 1 aromatic heterocycles. The first-order valence-electron chi connectivity index (χ1n) is 5.14. The van der Waals surface area contributed by atoms with Crippen LogP contribution in [0.2, 0.25) is 5.02 Å². The highest BCUT2D eigenvalue weighted by molar-refractivity contribution is 6.30. The molecule has 1 aromatic carbocycles. The molecule has 5 nitrogen and oxygen atoms in total. The molecule has 0 saturated heterocycles. The average molecular weight is 253 g/mol. The Morgan fingerprint density at radius 1 is 1.18 bits per heavy atom. The van der Waals surface area contributed by atoms with Crippen molar-refractivity contribution < 1.29 is 0 Å². The Kier molecular flexibility index (Phi) is 3.10. The van der Waals surface area contributed by atoms with E-state index in [1.165, 1.54) is 4.68 Å². The molecule has 0 atom stereocenters. The van der Waals surface area contributed by atoms with E-state index in [-0.39, 0.29) is 5.56 Å². The van der Waals surface area contributed by atoms with Crippen molar-refractivity contribution in [2.24, 2.45) is 0 Å². The van der Waals surface area contributed by atoms with Gasteiger partial charge in [-0.15, -0.1) is 0 Å². The number of aromatic nitrogens is 2. The fourth-order valence-electron chi connectivity index (χ4n) is 1.62. The van der Waals surface area contributed by atoms with Gasteiger partial charge in [-0.05, 0) is 24.3 Å². The van der Waals surface area contributed by atoms with Crippen molar-refractivity contribution in [1.82, 2.24) is 9.78 Å². The van der Waals surface area contributed by atoms with Gasteiger partial charge in [0.15, 0.2) is 0 Å². The van der Waals surface area contributed by atoms with Crippen LogP contribution >= 0.6 is 11.6 Å². The van der Waals surface area contributed by atoms with Crippen LogP contribution in [0, 0.1) is 0 Å². The maximum absolute atomic E-state index is 12.1. The summed E-state index contributed by atoms with van der Waals surface area (Å²) >= 11 is 5.81. The lowest BCUT2D eigenvalue weighted by atomic mass is 10.3. The van der Waals surface area contributed by atoms with Crippen LogP contribution in [0.4, 0.5) is 11.5 Å². The predicted octanol–water partition coefficient (Wildman–Crippen LogP) is 1.90. The molecule has 17 heavy (non-hydrogen) atoms. The van der Waals surface area contributed by atoms with Gasteiger partial charge in [0.05, 0.1) is 5.69 Å². The summed E-state index contributed by atoms with van der Waals surface area (Å²) in [6.07, 6.45) is 0. The zero-order chi connectivity index (χ0) is 12.4. The van der Waals surface area contributed by atoms with Gasteiger partial charge in [0.25, 0.3) is 5.56 Å². The van der Waals surface area contributed by atoms with E-state index in [9.17, 15) is 4.79 Å². The number of nitrogens with one attached hydrogen (secondary N) is 3. The minimum Gasteiger partial charge on any atom is -0.381 e. The Labute approximate surface area is 103 Å². The first-order chi connectivity index (χ1) is 8.17. The Bertz CT molecular complexity index is 570. The van der Waals surface area contributed by atoms with E-state index < -0.39 is 0 Å². The molecule has 90 valence electrons. The molecule has 0 amide bonds. The minimum absolute atomic E-state index is 0.140. The van der Waals surface area contributed by atoms with E-state index >= 15 is 0 Å². The Balaban J connectivity index is 2.56. The van der Waals surface area contributed by atoms with Gasteiger partial charge in [0.1, 0.15) is 11.5 Å². The molecule has 0 fully saturated rings. The van der Waals surface area contributed by atoms with Crippen LogP contribution in [-0.4, -0.2) is 23.9 Å². The smallest absolute Gasteiger partial charge is 0.296 e. The second-order valence-corrected chi connectivity index (χ2v) is 3.92. The van der Waals surface area contributed by atoms with Gasteiger partial charge in [-0.3, -0.25) is 9.89 Å². The maximum Gasteiger partial charge on any atom is 0.296 e. The molecule has 0 unspecified atom stereocenters. The third-order valence-electron chi connectivity index (χ3n) is 2.48. The molecule has 3 N–H and O–H groups in total. The fourth-order valence-corrected chi connectivity index (χ4v) is 1.75. The lowest BCUT2D eigenvalue weighted by Crippen LogP contribution is -2.16. The quantitative estimate of drug-likeness (QED) is 0.782. The predicted molar refractivity (Wildman–Crippen MR) is 70.5 cm³/mol. The largest absolute Gasteiger partial charge is 0.381 e. The molecular formula is C11H13ClN4O. The van der Waals surface area contributed by atoms with Crippen molar-refractivity contribution >= 4 is 23.1 Å². The minimum atomic E-state index is -0.140. The number of anilines is 2. The SMILES string of the molecule is CNc1[nH]n(-c2ccc(Cl)cc2)c(=O)c1NC. The number of nitrogens with zero attached hydrogens (tertiary/aromatic N) is 1. The third-order valence-corrected chi connectivity index (χ3v) is 2.73. The highest BCUT2D eigenvalue weighted by Gasteiger charge is 2.12. The summed E-state index contributed by atoms with van der Waals surface area (Å²) in [4.78, 5) is 12.1. The molecule has 0 radical (unpaired) electrons. The van der Waals surface area contributed by atoms with E-state index in [0.717, 1.165) is 5.69 Å². The van der Waals surface area contributed by atoms with E-state index in [1.54, 1.807) is 38.4 Å². The van der Waals surface area contributed by atoms with Gasteiger partial charge in [-0.25, -0.2) is 4.68 Å². The lowest BCUT2D eigenvalue weighted by Gasteiger charge is -2.01. The zero-order valence-electron chi connectivity index (χ0n) is 9.54. The van der Waals surface area contributed by atoms with Gasteiger partial charge in [0.2, 0.25) is 0 Å². The zero-order valence-corrected chi connectivity index (χ0v) is 10.3. The molecule has 0 bridgehead atoms. The van der Waals surface area contributed by atoms with Gasteiger partial charge in [0, 0.05) is 19.1 Å². The van der Waals surface area contributed by atoms with Crippen LogP contribution in [-0.2, 0) is 0 Å². The number of hydrogen-bond acceptors (Lipinski definition) is 3. The molecule has 2 aromatic rings. The second-order valence-electron chi connectivity index (χ2n) is 3.48. The number of hydrogen-bond donors (Lipinski definition) is 3. The highest BCUT2D eigenvalue weighted by atomic mass is 35.5. The Morgan fingerprint density at radius 3 is 2.29 bits per heavy atom. The third kappa shape index (κ3) is 2.01. The summed E-state index contributed by atoms with van der Waals surface area (Å²) in [5, 5.41) is 9.40. The van der Waals surface area contributed by atoms with Crippen molar-refractivity contribution in [1.29, 1.82) is 0 Å². The number of halogens is 1. The van der Waals surface area contributed by atoms with Crippen molar-refractivity contribution in [2.75, 3.05) is 24.7 Å². The maximum atomic E-state index is 12.1. The number of benzene rings is 1. The standard InChI is InChI=1S/C11H13ClN4O/c1-13-9-10(14-2)15-16(11(9)17)8-5-3-7(12)4-6-8/h3-6,13-15H,1-2H3. The van der Waals surface area contributed by atoms with E-state index in [4.69, 9.17) is 11.6 Å². The lowest BCUT2D eigenvalue weighted by molar-refractivity contribution is 0.852.